The van der Waals surface area contributed by atoms with E-state index in [1.807, 2.05) is 45.0 Å². The quantitative estimate of drug-likeness (QED) is 0.472. The van der Waals surface area contributed by atoms with Crippen molar-refractivity contribution < 1.29 is 19.0 Å². The first-order valence-electron chi connectivity index (χ1n) is 6.95. The lowest BCUT2D eigenvalue weighted by Gasteiger charge is -2.24. The molecule has 0 heterocycles. The molecule has 0 aromatic heterocycles. The monoisotopic (exact) mass is 292 g/mol. The Kier molecular flexibility index (Phi) is 5.82. The number of carbonyl (C=O) groups excluding carboxylic acids is 1. The maximum Gasteiger partial charge on any atom is 0.338 e. The number of methoxy groups -OCH3 is 2. The van der Waals surface area contributed by atoms with Gasteiger partial charge in [0.1, 0.15) is 11.5 Å². The standard InChI is InChI=1S/C17H24O4/c1-7-21-16(18)14(17(2,3)4)15(20-6)12-9-8-10-13(11-12)19-5/h8-11H,7H2,1-6H3. The number of benzene rings is 1. The molecule has 0 unspecified atom stereocenters. The molecule has 0 N–H and O–H groups in total. The summed E-state index contributed by atoms with van der Waals surface area (Å²) in [5.74, 6) is 0.865. The lowest BCUT2D eigenvalue weighted by atomic mass is 9.84. The number of esters is 1. The van der Waals surface area contributed by atoms with E-state index in [2.05, 4.69) is 0 Å². The number of hydrogen-bond donors (Lipinski definition) is 0. The number of rotatable bonds is 5. The van der Waals surface area contributed by atoms with Crippen molar-refractivity contribution in [2.75, 3.05) is 20.8 Å². The van der Waals surface area contributed by atoms with Crippen molar-refractivity contribution in [2.45, 2.75) is 27.7 Å². The highest BCUT2D eigenvalue weighted by molar-refractivity contribution is 5.97. The molecule has 0 saturated heterocycles. The fourth-order valence-corrected chi connectivity index (χ4v) is 2.07. The van der Waals surface area contributed by atoms with Gasteiger partial charge in [0.25, 0.3) is 0 Å². The molecule has 0 atom stereocenters. The molecule has 4 nitrogen and oxygen atoms in total. The Balaban J connectivity index is 3.47. The molecular weight excluding hydrogens is 268 g/mol. The molecule has 0 aliphatic carbocycles. The molecular formula is C17H24O4. The van der Waals surface area contributed by atoms with Crippen LogP contribution >= 0.6 is 0 Å². The van der Waals surface area contributed by atoms with Gasteiger partial charge in [-0.2, -0.15) is 0 Å². The average Bonchev–Trinajstić information content (AvgIpc) is 2.43. The van der Waals surface area contributed by atoms with Crippen molar-refractivity contribution in [1.29, 1.82) is 0 Å². The summed E-state index contributed by atoms with van der Waals surface area (Å²) in [4.78, 5) is 12.3. The first kappa shape index (κ1) is 17.1. The number of hydrogen-bond acceptors (Lipinski definition) is 4. The number of carbonyl (C=O) groups is 1. The summed E-state index contributed by atoms with van der Waals surface area (Å²) in [5, 5.41) is 0. The Labute approximate surface area is 126 Å². The van der Waals surface area contributed by atoms with Crippen molar-refractivity contribution in [3.63, 3.8) is 0 Å². The van der Waals surface area contributed by atoms with E-state index in [1.165, 1.54) is 0 Å². The Morgan fingerprint density at radius 2 is 1.86 bits per heavy atom. The second-order valence-electron chi connectivity index (χ2n) is 5.61. The molecule has 0 radical (unpaired) electrons. The molecule has 1 aromatic rings. The summed E-state index contributed by atoms with van der Waals surface area (Å²) in [6.45, 7) is 7.99. The van der Waals surface area contributed by atoms with Gasteiger partial charge in [-0.15, -0.1) is 0 Å². The van der Waals surface area contributed by atoms with E-state index in [1.54, 1.807) is 21.1 Å². The summed E-state index contributed by atoms with van der Waals surface area (Å²) in [6, 6.07) is 7.42. The average molecular weight is 292 g/mol. The first-order valence-corrected chi connectivity index (χ1v) is 6.95. The van der Waals surface area contributed by atoms with Crippen LogP contribution in [0.1, 0.15) is 33.3 Å². The second-order valence-corrected chi connectivity index (χ2v) is 5.61. The van der Waals surface area contributed by atoms with Gasteiger partial charge in [0.15, 0.2) is 0 Å². The highest BCUT2D eigenvalue weighted by atomic mass is 16.5. The van der Waals surface area contributed by atoms with Crippen molar-refractivity contribution in [2.24, 2.45) is 5.41 Å². The molecule has 21 heavy (non-hydrogen) atoms. The van der Waals surface area contributed by atoms with Crippen LogP contribution < -0.4 is 4.74 Å². The third kappa shape index (κ3) is 4.25. The van der Waals surface area contributed by atoms with Crippen LogP contribution in [0.3, 0.4) is 0 Å². The fraction of sp³-hybridized carbons (Fsp3) is 0.471. The largest absolute Gasteiger partial charge is 0.497 e. The summed E-state index contributed by atoms with van der Waals surface area (Å²) >= 11 is 0. The molecule has 0 spiro atoms. The fourth-order valence-electron chi connectivity index (χ4n) is 2.07. The van der Waals surface area contributed by atoms with E-state index in [0.717, 1.165) is 5.56 Å². The highest BCUT2D eigenvalue weighted by Gasteiger charge is 2.30. The smallest absolute Gasteiger partial charge is 0.338 e. The third-order valence-corrected chi connectivity index (χ3v) is 2.99. The zero-order chi connectivity index (χ0) is 16.0. The topological polar surface area (TPSA) is 44.8 Å². The summed E-state index contributed by atoms with van der Waals surface area (Å²) in [6.07, 6.45) is 0. The normalized spacial score (nSPS) is 12.5. The van der Waals surface area contributed by atoms with Crippen LogP contribution in [0.15, 0.2) is 29.8 Å². The molecule has 1 rings (SSSR count). The molecule has 0 aliphatic heterocycles. The molecule has 0 saturated carbocycles. The minimum absolute atomic E-state index is 0.327. The Bertz CT molecular complexity index is 524. The molecule has 0 aliphatic rings. The minimum atomic E-state index is -0.402. The first-order chi connectivity index (χ1) is 9.85. The second kappa shape index (κ2) is 7.16. The lowest BCUT2D eigenvalue weighted by molar-refractivity contribution is -0.139. The molecule has 4 heteroatoms. The molecule has 1 aromatic carbocycles. The molecule has 0 bridgehead atoms. The van der Waals surface area contributed by atoms with Crippen LogP contribution in [-0.2, 0) is 14.3 Å². The van der Waals surface area contributed by atoms with Gasteiger partial charge in [-0.1, -0.05) is 32.9 Å². The predicted octanol–water partition coefficient (Wildman–Crippen LogP) is 3.66. The highest BCUT2D eigenvalue weighted by Crippen LogP contribution is 2.34. The van der Waals surface area contributed by atoms with E-state index in [4.69, 9.17) is 14.2 Å². The molecule has 116 valence electrons. The van der Waals surface area contributed by atoms with Gasteiger partial charge in [-0.3, -0.25) is 0 Å². The van der Waals surface area contributed by atoms with Crippen molar-refractivity contribution >= 4 is 11.7 Å². The Hall–Kier alpha value is -1.97. The summed E-state index contributed by atoms with van der Waals surface area (Å²) in [5.41, 5.74) is 0.899. The van der Waals surface area contributed by atoms with E-state index in [0.29, 0.717) is 23.7 Å². The van der Waals surface area contributed by atoms with Gasteiger partial charge < -0.3 is 14.2 Å². The van der Waals surface area contributed by atoms with Gasteiger partial charge in [-0.25, -0.2) is 4.79 Å². The minimum Gasteiger partial charge on any atom is -0.497 e. The van der Waals surface area contributed by atoms with Gasteiger partial charge >= 0.3 is 5.97 Å². The van der Waals surface area contributed by atoms with E-state index >= 15 is 0 Å². The zero-order valence-corrected chi connectivity index (χ0v) is 13.6. The maximum absolute atomic E-state index is 12.3. The zero-order valence-electron chi connectivity index (χ0n) is 13.6. The van der Waals surface area contributed by atoms with Crippen LogP contribution in [0.2, 0.25) is 0 Å². The predicted molar refractivity (Wildman–Crippen MR) is 83.0 cm³/mol. The van der Waals surface area contributed by atoms with E-state index in [9.17, 15) is 4.79 Å². The third-order valence-electron chi connectivity index (χ3n) is 2.99. The number of ether oxygens (including phenoxy) is 3. The van der Waals surface area contributed by atoms with Crippen LogP contribution in [0, 0.1) is 5.41 Å². The molecule has 0 amide bonds. The Morgan fingerprint density at radius 3 is 2.33 bits per heavy atom. The van der Waals surface area contributed by atoms with Crippen LogP contribution in [-0.4, -0.2) is 26.8 Å². The van der Waals surface area contributed by atoms with Crippen LogP contribution in [0.25, 0.3) is 5.76 Å². The molecule has 0 fully saturated rings. The van der Waals surface area contributed by atoms with Crippen molar-refractivity contribution in [1.82, 2.24) is 0 Å². The van der Waals surface area contributed by atoms with Crippen LogP contribution in [0.4, 0.5) is 0 Å². The van der Waals surface area contributed by atoms with E-state index < -0.39 is 5.41 Å². The van der Waals surface area contributed by atoms with Gasteiger partial charge in [0.05, 0.1) is 26.4 Å². The van der Waals surface area contributed by atoms with Gasteiger partial charge in [0, 0.05) is 5.56 Å². The van der Waals surface area contributed by atoms with E-state index in [-0.39, 0.29) is 5.97 Å². The maximum atomic E-state index is 12.3. The van der Waals surface area contributed by atoms with Gasteiger partial charge in [-0.05, 0) is 24.5 Å². The lowest BCUT2D eigenvalue weighted by Crippen LogP contribution is -2.22. The Morgan fingerprint density at radius 1 is 1.19 bits per heavy atom. The van der Waals surface area contributed by atoms with Gasteiger partial charge in [0.2, 0.25) is 0 Å². The van der Waals surface area contributed by atoms with Crippen molar-refractivity contribution in [3.8, 4) is 5.75 Å². The summed E-state index contributed by atoms with van der Waals surface area (Å²) in [7, 11) is 3.16. The van der Waals surface area contributed by atoms with Crippen molar-refractivity contribution in [3.05, 3.63) is 35.4 Å². The SMILES string of the molecule is CCOC(=O)C(=C(OC)c1cccc(OC)c1)C(C)(C)C. The van der Waals surface area contributed by atoms with Crippen LogP contribution in [0.5, 0.6) is 5.75 Å². The summed E-state index contributed by atoms with van der Waals surface area (Å²) < 4.78 is 15.9.